The summed E-state index contributed by atoms with van der Waals surface area (Å²) in [4.78, 5) is 9.92. The maximum atomic E-state index is 8.85. The van der Waals surface area contributed by atoms with E-state index in [9.17, 15) is 0 Å². The van der Waals surface area contributed by atoms with Crippen molar-refractivity contribution < 1.29 is 9.47 Å². The summed E-state index contributed by atoms with van der Waals surface area (Å²) < 4.78 is 10.4. The normalized spacial score (nSPS) is 19.8. The van der Waals surface area contributed by atoms with E-state index in [0.717, 1.165) is 0 Å². The summed E-state index contributed by atoms with van der Waals surface area (Å²) in [6, 6.07) is 2.08. The van der Waals surface area contributed by atoms with Gasteiger partial charge < -0.3 is 20.1 Å². The van der Waals surface area contributed by atoms with Crippen molar-refractivity contribution in [2.24, 2.45) is 0 Å². The summed E-state index contributed by atoms with van der Waals surface area (Å²) in [7, 11) is 1.51. The van der Waals surface area contributed by atoms with Gasteiger partial charge in [-0.15, -0.1) is 0 Å². The number of ether oxygens (including phenoxy) is 2. The molecule has 7 nitrogen and oxygen atoms in total. The number of anilines is 2. The zero-order valence-corrected chi connectivity index (χ0v) is 9.46. The van der Waals surface area contributed by atoms with Crippen molar-refractivity contribution in [3.63, 3.8) is 0 Å². The number of hydrogen-bond acceptors (Lipinski definition) is 7. The van der Waals surface area contributed by atoms with Gasteiger partial charge in [0.25, 0.3) is 0 Å². The molecule has 0 amide bonds. The smallest absolute Gasteiger partial charge is 0.204 e. The van der Waals surface area contributed by atoms with E-state index in [-0.39, 0.29) is 5.82 Å². The maximum Gasteiger partial charge on any atom is 0.204 e. The average molecular weight is 235 g/mol. The Bertz CT molecular complexity index is 445. The van der Waals surface area contributed by atoms with Crippen LogP contribution in [0, 0.1) is 11.3 Å². The van der Waals surface area contributed by atoms with Crippen LogP contribution in [0.4, 0.5) is 11.6 Å². The van der Waals surface area contributed by atoms with Crippen LogP contribution in [0.2, 0.25) is 0 Å². The molecule has 1 aromatic heterocycles. The van der Waals surface area contributed by atoms with Crippen LogP contribution in [0.25, 0.3) is 0 Å². The van der Waals surface area contributed by atoms with Gasteiger partial charge in [0.1, 0.15) is 6.33 Å². The lowest BCUT2D eigenvalue weighted by Crippen LogP contribution is -2.42. The predicted octanol–water partition coefficient (Wildman–Crippen LogP) is -0.204. The first-order valence-corrected chi connectivity index (χ1v) is 5.17. The number of hydrogen-bond donors (Lipinski definition) is 1. The standard InChI is InChI=1S/C10H13N5O2/c1-16-8-9(12)13-6-14-10(8)15-2-3-17-7(4-11)5-15/h6-7H,2-3,5H2,1H3,(H2,12,13,14). The Morgan fingerprint density at radius 2 is 2.47 bits per heavy atom. The van der Waals surface area contributed by atoms with Crippen LogP contribution in [0.5, 0.6) is 5.75 Å². The van der Waals surface area contributed by atoms with Crippen LogP contribution < -0.4 is 15.4 Å². The Morgan fingerprint density at radius 3 is 3.18 bits per heavy atom. The van der Waals surface area contributed by atoms with Gasteiger partial charge in [0.05, 0.1) is 26.3 Å². The highest BCUT2D eigenvalue weighted by atomic mass is 16.5. The van der Waals surface area contributed by atoms with Crippen LogP contribution in [-0.4, -0.2) is 42.9 Å². The molecule has 0 saturated carbocycles. The molecule has 1 aliphatic heterocycles. The van der Waals surface area contributed by atoms with Gasteiger partial charge in [-0.2, -0.15) is 5.26 Å². The second kappa shape index (κ2) is 4.84. The van der Waals surface area contributed by atoms with Gasteiger partial charge in [-0.25, -0.2) is 9.97 Å². The van der Waals surface area contributed by atoms with Gasteiger partial charge in [0.2, 0.25) is 5.75 Å². The molecule has 0 aromatic carbocycles. The molecule has 1 fully saturated rings. The Morgan fingerprint density at radius 1 is 1.65 bits per heavy atom. The predicted molar refractivity (Wildman–Crippen MR) is 60.6 cm³/mol. The second-order valence-electron chi connectivity index (χ2n) is 3.55. The highest BCUT2D eigenvalue weighted by molar-refractivity contribution is 5.62. The minimum atomic E-state index is -0.454. The highest BCUT2D eigenvalue weighted by Gasteiger charge is 2.24. The molecule has 2 heterocycles. The maximum absolute atomic E-state index is 8.85. The summed E-state index contributed by atoms with van der Waals surface area (Å²) in [5, 5.41) is 8.85. The van der Waals surface area contributed by atoms with Crippen molar-refractivity contribution in [2.75, 3.05) is 37.4 Å². The first-order valence-electron chi connectivity index (χ1n) is 5.17. The molecular weight excluding hydrogens is 222 g/mol. The number of methoxy groups -OCH3 is 1. The fourth-order valence-corrected chi connectivity index (χ4v) is 1.72. The van der Waals surface area contributed by atoms with E-state index in [1.165, 1.54) is 13.4 Å². The molecule has 1 unspecified atom stereocenters. The van der Waals surface area contributed by atoms with Crippen LogP contribution >= 0.6 is 0 Å². The van der Waals surface area contributed by atoms with Crippen LogP contribution in [0.3, 0.4) is 0 Å². The first-order chi connectivity index (χ1) is 8.26. The van der Waals surface area contributed by atoms with Crippen molar-refractivity contribution >= 4 is 11.6 Å². The average Bonchev–Trinajstić information content (AvgIpc) is 2.38. The molecule has 2 rings (SSSR count). The molecule has 1 saturated heterocycles. The number of aromatic nitrogens is 2. The van der Waals surface area contributed by atoms with Crippen molar-refractivity contribution in [2.45, 2.75) is 6.10 Å². The second-order valence-corrected chi connectivity index (χ2v) is 3.55. The molecule has 0 radical (unpaired) electrons. The third kappa shape index (κ3) is 2.21. The van der Waals surface area contributed by atoms with E-state index in [0.29, 0.717) is 31.3 Å². The van der Waals surface area contributed by atoms with Gasteiger partial charge in [-0.05, 0) is 0 Å². The van der Waals surface area contributed by atoms with E-state index < -0.39 is 6.10 Å². The zero-order chi connectivity index (χ0) is 12.3. The number of rotatable bonds is 2. The van der Waals surface area contributed by atoms with Gasteiger partial charge in [-0.1, -0.05) is 0 Å². The molecule has 2 N–H and O–H groups in total. The minimum absolute atomic E-state index is 0.289. The molecule has 17 heavy (non-hydrogen) atoms. The van der Waals surface area contributed by atoms with E-state index in [4.69, 9.17) is 20.5 Å². The molecule has 0 bridgehead atoms. The number of morpholine rings is 1. The molecular formula is C10H13N5O2. The van der Waals surface area contributed by atoms with Crippen LogP contribution in [0.1, 0.15) is 0 Å². The van der Waals surface area contributed by atoms with E-state index in [2.05, 4.69) is 16.0 Å². The fraction of sp³-hybridized carbons (Fsp3) is 0.500. The Balaban J connectivity index is 2.28. The lowest BCUT2D eigenvalue weighted by molar-refractivity contribution is 0.0759. The molecule has 1 aromatic rings. The van der Waals surface area contributed by atoms with E-state index in [1.807, 2.05) is 4.90 Å². The Kier molecular flexibility index (Phi) is 3.25. The molecule has 90 valence electrons. The monoisotopic (exact) mass is 235 g/mol. The van der Waals surface area contributed by atoms with Crippen molar-refractivity contribution in [1.82, 2.24) is 9.97 Å². The molecule has 1 atom stereocenters. The van der Waals surface area contributed by atoms with Gasteiger partial charge >= 0.3 is 0 Å². The third-order valence-electron chi connectivity index (χ3n) is 2.53. The Labute approximate surface area is 98.8 Å². The third-order valence-corrected chi connectivity index (χ3v) is 2.53. The number of nitriles is 1. The van der Waals surface area contributed by atoms with Crippen LogP contribution in [0.15, 0.2) is 6.33 Å². The van der Waals surface area contributed by atoms with Gasteiger partial charge in [0.15, 0.2) is 17.7 Å². The number of nitrogens with two attached hydrogens (primary N) is 1. The van der Waals surface area contributed by atoms with E-state index in [1.54, 1.807) is 0 Å². The lowest BCUT2D eigenvalue weighted by Gasteiger charge is -2.31. The largest absolute Gasteiger partial charge is 0.490 e. The van der Waals surface area contributed by atoms with E-state index >= 15 is 0 Å². The van der Waals surface area contributed by atoms with Crippen molar-refractivity contribution in [1.29, 1.82) is 5.26 Å². The zero-order valence-electron chi connectivity index (χ0n) is 9.46. The summed E-state index contributed by atoms with van der Waals surface area (Å²) in [6.07, 6.45) is 0.925. The van der Waals surface area contributed by atoms with Crippen LogP contribution in [-0.2, 0) is 4.74 Å². The minimum Gasteiger partial charge on any atom is -0.490 e. The Hall–Kier alpha value is -2.07. The fourth-order valence-electron chi connectivity index (χ4n) is 1.72. The molecule has 7 heteroatoms. The van der Waals surface area contributed by atoms with Gasteiger partial charge in [-0.3, -0.25) is 0 Å². The SMILES string of the molecule is COc1c(N)ncnc1N1CCOC(C#N)C1. The van der Waals surface area contributed by atoms with Crippen molar-refractivity contribution in [3.8, 4) is 11.8 Å². The summed E-state index contributed by atoms with van der Waals surface area (Å²) in [5.41, 5.74) is 5.71. The molecule has 0 spiro atoms. The summed E-state index contributed by atoms with van der Waals surface area (Å²) >= 11 is 0. The quantitative estimate of drug-likeness (QED) is 0.757. The topological polar surface area (TPSA) is 97.3 Å². The summed E-state index contributed by atoms with van der Waals surface area (Å²) in [5.74, 6) is 1.33. The number of nitrogens with zero attached hydrogens (tertiary/aromatic N) is 4. The highest BCUT2D eigenvalue weighted by Crippen LogP contribution is 2.30. The first kappa shape index (κ1) is 11.4. The molecule has 0 aliphatic carbocycles. The van der Waals surface area contributed by atoms with Crippen molar-refractivity contribution in [3.05, 3.63) is 6.33 Å². The van der Waals surface area contributed by atoms with Gasteiger partial charge in [0, 0.05) is 6.54 Å². The summed E-state index contributed by atoms with van der Waals surface area (Å²) in [6.45, 7) is 1.57. The number of nitrogen functional groups attached to an aromatic ring is 1. The molecule has 1 aliphatic rings. The lowest BCUT2D eigenvalue weighted by atomic mass is 10.3.